The Hall–Kier alpha value is -0.760. The van der Waals surface area contributed by atoms with E-state index in [1.807, 2.05) is 21.1 Å². The van der Waals surface area contributed by atoms with E-state index >= 15 is 0 Å². The van der Waals surface area contributed by atoms with Gasteiger partial charge in [-0.2, -0.15) is 0 Å². The third kappa shape index (κ3) is 28.8. The first-order chi connectivity index (χ1) is 19.1. The van der Waals surface area contributed by atoms with E-state index in [1.54, 1.807) is 0 Å². The predicted octanol–water partition coefficient (Wildman–Crippen LogP) is 7.98. The topological polar surface area (TPSA) is 91.3 Å². The normalized spacial score (nSPS) is 14.4. The van der Waals surface area contributed by atoms with Crippen molar-refractivity contribution < 1.29 is 37.3 Å². The number of carbonyl (C=O) groups is 1. The van der Waals surface area contributed by atoms with Gasteiger partial charge in [-0.05, 0) is 38.5 Å². The van der Waals surface area contributed by atoms with Gasteiger partial charge >= 0.3 is 13.8 Å². The first-order valence-corrected chi connectivity index (χ1v) is 17.4. The van der Waals surface area contributed by atoms with Gasteiger partial charge in [0.1, 0.15) is 19.3 Å². The molecule has 238 valence electrons. The second-order valence-corrected chi connectivity index (χ2v) is 13.3. The molecule has 0 saturated heterocycles. The second-order valence-electron chi connectivity index (χ2n) is 11.8. The number of phosphoric acid groups is 1. The van der Waals surface area contributed by atoms with Crippen molar-refractivity contribution in [2.75, 3.05) is 54.1 Å². The lowest BCUT2D eigenvalue weighted by molar-refractivity contribution is -0.870. The SMILES string of the molecule is CCCCC/C=C\CCCCCCCC(=O)OC(COCCCCCCCC)COP(=O)(O)OCC[N+](C)(C)C. The van der Waals surface area contributed by atoms with Gasteiger partial charge in [-0.25, -0.2) is 4.57 Å². The zero-order valence-corrected chi connectivity index (χ0v) is 27.5. The van der Waals surface area contributed by atoms with Gasteiger partial charge in [0.05, 0.1) is 34.4 Å². The number of hydrogen-bond donors (Lipinski definition) is 1. The molecule has 0 aliphatic carbocycles. The molecule has 0 radical (unpaired) electrons. The summed E-state index contributed by atoms with van der Waals surface area (Å²) in [5.74, 6) is -0.328. The monoisotopic (exact) mass is 592 g/mol. The molecule has 2 unspecified atom stereocenters. The van der Waals surface area contributed by atoms with Gasteiger partial charge < -0.3 is 18.9 Å². The van der Waals surface area contributed by atoms with E-state index in [0.29, 0.717) is 24.1 Å². The number of unbranched alkanes of at least 4 members (excludes halogenated alkanes) is 13. The number of allylic oxidation sites excluding steroid dienone is 2. The Morgan fingerprint density at radius 1 is 0.750 bits per heavy atom. The first kappa shape index (κ1) is 39.2. The van der Waals surface area contributed by atoms with E-state index < -0.39 is 13.9 Å². The number of carbonyl (C=O) groups excluding carboxylic acids is 1. The minimum Gasteiger partial charge on any atom is -0.457 e. The molecule has 0 rings (SSSR count). The summed E-state index contributed by atoms with van der Waals surface area (Å²) in [6, 6.07) is 0. The Bertz CT molecular complexity index is 667. The summed E-state index contributed by atoms with van der Waals surface area (Å²) in [5.41, 5.74) is 0. The van der Waals surface area contributed by atoms with Crippen LogP contribution >= 0.6 is 7.82 Å². The molecule has 0 bridgehead atoms. The molecule has 0 aliphatic rings. The molecule has 0 saturated carbocycles. The first-order valence-electron chi connectivity index (χ1n) is 15.9. The molecular formula is C31H63NO7P+. The zero-order chi connectivity index (χ0) is 30.0. The minimum absolute atomic E-state index is 0.0888. The van der Waals surface area contributed by atoms with Crippen LogP contribution in [-0.2, 0) is 27.9 Å². The van der Waals surface area contributed by atoms with Crippen molar-refractivity contribution in [3.8, 4) is 0 Å². The Labute approximate surface area is 246 Å². The molecule has 9 heteroatoms. The molecule has 2 atom stereocenters. The van der Waals surface area contributed by atoms with E-state index in [2.05, 4.69) is 26.0 Å². The average Bonchev–Trinajstić information content (AvgIpc) is 2.88. The third-order valence-electron chi connectivity index (χ3n) is 6.58. The summed E-state index contributed by atoms with van der Waals surface area (Å²) in [7, 11) is 1.66. The van der Waals surface area contributed by atoms with Crippen molar-refractivity contribution in [1.29, 1.82) is 0 Å². The average molecular weight is 593 g/mol. The molecule has 8 nitrogen and oxygen atoms in total. The fourth-order valence-corrected chi connectivity index (χ4v) is 4.76. The number of ether oxygens (including phenoxy) is 2. The van der Waals surface area contributed by atoms with E-state index in [9.17, 15) is 14.3 Å². The van der Waals surface area contributed by atoms with E-state index in [4.69, 9.17) is 18.5 Å². The predicted molar refractivity (Wildman–Crippen MR) is 164 cm³/mol. The van der Waals surface area contributed by atoms with Crippen LogP contribution in [0.25, 0.3) is 0 Å². The van der Waals surface area contributed by atoms with Crippen LogP contribution in [-0.4, -0.2) is 75.6 Å². The molecule has 0 aromatic heterocycles. The molecule has 0 fully saturated rings. The lowest BCUT2D eigenvalue weighted by Gasteiger charge is -2.24. The number of quaternary nitrogens is 1. The van der Waals surface area contributed by atoms with E-state index in [1.165, 1.54) is 57.8 Å². The Morgan fingerprint density at radius 2 is 1.30 bits per heavy atom. The van der Waals surface area contributed by atoms with Gasteiger partial charge in [-0.3, -0.25) is 13.8 Å². The Kier molecular flexibility index (Phi) is 25.4. The van der Waals surface area contributed by atoms with Crippen molar-refractivity contribution in [2.45, 2.75) is 129 Å². The fourth-order valence-electron chi connectivity index (χ4n) is 4.01. The van der Waals surface area contributed by atoms with Crippen LogP contribution in [0.4, 0.5) is 0 Å². The fraction of sp³-hybridized carbons (Fsp3) is 0.903. The van der Waals surface area contributed by atoms with Crippen molar-refractivity contribution in [2.24, 2.45) is 0 Å². The molecule has 0 spiro atoms. The summed E-state index contributed by atoms with van der Waals surface area (Å²) >= 11 is 0. The largest absolute Gasteiger partial charge is 0.472 e. The van der Waals surface area contributed by atoms with E-state index in [0.717, 1.165) is 44.9 Å². The van der Waals surface area contributed by atoms with Crippen molar-refractivity contribution in [1.82, 2.24) is 0 Å². The van der Waals surface area contributed by atoms with Crippen LogP contribution in [0.1, 0.15) is 123 Å². The van der Waals surface area contributed by atoms with Crippen molar-refractivity contribution >= 4 is 13.8 Å². The highest BCUT2D eigenvalue weighted by atomic mass is 31.2. The number of hydrogen-bond acceptors (Lipinski definition) is 6. The summed E-state index contributed by atoms with van der Waals surface area (Å²) in [5, 5.41) is 0. The lowest BCUT2D eigenvalue weighted by atomic mass is 10.1. The zero-order valence-electron chi connectivity index (χ0n) is 26.6. The summed E-state index contributed by atoms with van der Waals surface area (Å²) in [4.78, 5) is 22.5. The number of nitrogens with zero attached hydrogens (tertiary/aromatic N) is 1. The molecule has 40 heavy (non-hydrogen) atoms. The maximum absolute atomic E-state index is 12.5. The van der Waals surface area contributed by atoms with Gasteiger partial charge in [0.2, 0.25) is 0 Å². The Morgan fingerprint density at radius 3 is 1.95 bits per heavy atom. The number of likely N-dealkylation sites (N-methyl/N-ethyl adjacent to an activating group) is 1. The molecule has 1 N–H and O–H groups in total. The highest BCUT2D eigenvalue weighted by molar-refractivity contribution is 7.47. The summed E-state index contributed by atoms with van der Waals surface area (Å²) < 4.78 is 34.5. The quantitative estimate of drug-likeness (QED) is 0.0309. The molecule has 0 aliphatic heterocycles. The smallest absolute Gasteiger partial charge is 0.457 e. The van der Waals surface area contributed by atoms with Gasteiger partial charge in [-0.15, -0.1) is 0 Å². The second kappa shape index (κ2) is 25.9. The van der Waals surface area contributed by atoms with Crippen LogP contribution in [0.15, 0.2) is 12.2 Å². The highest BCUT2D eigenvalue weighted by Gasteiger charge is 2.26. The third-order valence-corrected chi connectivity index (χ3v) is 7.56. The number of phosphoric ester groups is 1. The maximum Gasteiger partial charge on any atom is 0.472 e. The van der Waals surface area contributed by atoms with E-state index in [-0.39, 0.29) is 25.8 Å². The van der Waals surface area contributed by atoms with Crippen LogP contribution in [0.3, 0.4) is 0 Å². The van der Waals surface area contributed by atoms with Crippen LogP contribution in [0.2, 0.25) is 0 Å². The highest BCUT2D eigenvalue weighted by Crippen LogP contribution is 2.43. The van der Waals surface area contributed by atoms with Crippen LogP contribution in [0, 0.1) is 0 Å². The number of rotatable bonds is 29. The number of esters is 1. The van der Waals surface area contributed by atoms with Gasteiger partial charge in [-0.1, -0.05) is 90.2 Å². The van der Waals surface area contributed by atoms with Crippen molar-refractivity contribution in [3.63, 3.8) is 0 Å². The molecule has 0 amide bonds. The maximum atomic E-state index is 12.5. The van der Waals surface area contributed by atoms with Gasteiger partial charge in [0.25, 0.3) is 0 Å². The summed E-state index contributed by atoms with van der Waals surface area (Å²) in [6.07, 6.45) is 22.5. The lowest BCUT2D eigenvalue weighted by Crippen LogP contribution is -2.37. The van der Waals surface area contributed by atoms with Crippen molar-refractivity contribution in [3.05, 3.63) is 12.2 Å². The Balaban J connectivity index is 4.35. The minimum atomic E-state index is -4.25. The molecule has 0 heterocycles. The van der Waals surface area contributed by atoms with Crippen LogP contribution < -0.4 is 0 Å². The standard InChI is InChI=1S/C31H62NO7P/c1-6-8-10-12-14-15-16-17-18-19-20-22-24-31(33)39-30(28-36-26-23-21-13-11-9-7-2)29-38-40(34,35)37-27-25-32(3,4)5/h14-15,30H,6-13,16-29H2,1-5H3/p+1/b15-14-. The van der Waals surface area contributed by atoms with Gasteiger partial charge in [0, 0.05) is 13.0 Å². The molecular weight excluding hydrogens is 529 g/mol. The van der Waals surface area contributed by atoms with Gasteiger partial charge in [0.15, 0.2) is 0 Å². The molecule has 0 aromatic carbocycles. The summed E-state index contributed by atoms with van der Waals surface area (Å²) in [6.45, 7) is 5.52. The van der Waals surface area contributed by atoms with Crippen LogP contribution in [0.5, 0.6) is 0 Å². The molecule has 0 aromatic rings.